The summed E-state index contributed by atoms with van der Waals surface area (Å²) in [5.41, 5.74) is -2.62. The van der Waals surface area contributed by atoms with Gasteiger partial charge in [-0.1, -0.05) is 12.1 Å². The molecule has 28 heavy (non-hydrogen) atoms. The molecular weight excluding hydrogens is 475 g/mol. The fraction of sp³-hybridized carbons (Fsp3) is 0. The van der Waals surface area contributed by atoms with Crippen molar-refractivity contribution >= 4 is 29.7 Å². The number of rotatable bonds is 6. The minimum atomic E-state index is -1.55. The maximum absolute atomic E-state index is 12.5. The van der Waals surface area contributed by atoms with Gasteiger partial charge in [0.15, 0.2) is 5.78 Å². The van der Waals surface area contributed by atoms with Crippen molar-refractivity contribution in [3.8, 4) is 0 Å². The van der Waals surface area contributed by atoms with Crippen molar-refractivity contribution in [2.45, 2.75) is 0 Å². The second kappa shape index (κ2) is 9.82. The number of carbonyl (C=O) groups excluding carboxylic acids is 1. The molecule has 0 aromatic heterocycles. The van der Waals surface area contributed by atoms with E-state index in [0.717, 1.165) is 36.4 Å². The zero-order chi connectivity index (χ0) is 19.6. The van der Waals surface area contributed by atoms with Crippen molar-refractivity contribution in [2.75, 3.05) is 0 Å². The van der Waals surface area contributed by atoms with E-state index < -0.39 is 51.9 Å². The SMILES string of the molecule is O=C(c1ccc(C(=O)O)c(C(=O)O)c1)c1ccc(C(=O)O)c(C(=O)O)c1.[Cu].[Cu]. The maximum Gasteiger partial charge on any atom is 0.336 e. The molecule has 2 radical (unpaired) electrons. The number of ketones is 1. The Morgan fingerprint density at radius 1 is 0.500 bits per heavy atom. The molecule has 0 amide bonds. The Morgan fingerprint density at radius 3 is 1.04 bits per heavy atom. The first-order chi connectivity index (χ1) is 12.1. The van der Waals surface area contributed by atoms with E-state index in [-0.39, 0.29) is 45.3 Å². The largest absolute Gasteiger partial charge is 0.478 e. The zero-order valence-corrected chi connectivity index (χ0v) is 15.3. The monoisotopic (exact) mass is 484 g/mol. The van der Waals surface area contributed by atoms with Crippen molar-refractivity contribution in [2.24, 2.45) is 0 Å². The van der Waals surface area contributed by atoms with Crippen molar-refractivity contribution in [3.05, 3.63) is 69.8 Å². The van der Waals surface area contributed by atoms with Gasteiger partial charge in [0.1, 0.15) is 0 Å². The molecule has 0 aliphatic heterocycles. The van der Waals surface area contributed by atoms with E-state index in [2.05, 4.69) is 0 Å². The number of benzene rings is 2. The van der Waals surface area contributed by atoms with Gasteiger partial charge in [-0.25, -0.2) is 19.2 Å². The van der Waals surface area contributed by atoms with Crippen LogP contribution in [0.2, 0.25) is 0 Å². The van der Waals surface area contributed by atoms with Gasteiger partial charge in [0.25, 0.3) is 0 Å². The number of carboxylic acid groups (broad SMARTS) is 4. The molecule has 0 bridgehead atoms. The van der Waals surface area contributed by atoms with Gasteiger partial charge in [0, 0.05) is 45.3 Å². The van der Waals surface area contributed by atoms with Crippen molar-refractivity contribution in [1.82, 2.24) is 0 Å². The first-order valence-corrected chi connectivity index (χ1v) is 6.89. The maximum atomic E-state index is 12.5. The quantitative estimate of drug-likeness (QED) is 0.352. The minimum Gasteiger partial charge on any atom is -0.478 e. The Morgan fingerprint density at radius 2 is 0.786 bits per heavy atom. The average Bonchev–Trinajstić information content (AvgIpc) is 2.59. The van der Waals surface area contributed by atoms with Crippen LogP contribution in [0.4, 0.5) is 0 Å². The molecule has 0 unspecified atom stereocenters. The van der Waals surface area contributed by atoms with Crippen LogP contribution in [0, 0.1) is 0 Å². The third-order valence-corrected chi connectivity index (χ3v) is 3.49. The summed E-state index contributed by atoms with van der Waals surface area (Å²) < 4.78 is 0. The van der Waals surface area contributed by atoms with E-state index in [1.54, 1.807) is 0 Å². The molecule has 11 heteroatoms. The predicted octanol–water partition coefficient (Wildman–Crippen LogP) is 1.71. The number of aromatic carboxylic acids is 4. The van der Waals surface area contributed by atoms with E-state index >= 15 is 0 Å². The summed E-state index contributed by atoms with van der Waals surface area (Å²) in [5.74, 6) is -6.86. The van der Waals surface area contributed by atoms with Crippen LogP contribution in [0.25, 0.3) is 0 Å². The minimum absolute atomic E-state index is 0. The summed E-state index contributed by atoms with van der Waals surface area (Å²) in [4.78, 5) is 56.9. The molecule has 0 aliphatic carbocycles. The Hall–Kier alpha value is -2.97. The van der Waals surface area contributed by atoms with Gasteiger partial charge in [0.2, 0.25) is 0 Å². The Kier molecular flexibility index (Phi) is 8.78. The van der Waals surface area contributed by atoms with Crippen molar-refractivity contribution in [1.29, 1.82) is 0 Å². The zero-order valence-electron chi connectivity index (χ0n) is 13.4. The molecule has 0 saturated carbocycles. The van der Waals surface area contributed by atoms with Gasteiger partial charge in [-0.05, 0) is 24.3 Å². The molecule has 9 nitrogen and oxygen atoms in total. The van der Waals surface area contributed by atoms with Gasteiger partial charge >= 0.3 is 23.9 Å². The van der Waals surface area contributed by atoms with Gasteiger partial charge in [0.05, 0.1) is 22.3 Å². The molecule has 154 valence electrons. The molecule has 0 aliphatic rings. The van der Waals surface area contributed by atoms with Crippen LogP contribution < -0.4 is 0 Å². The summed E-state index contributed by atoms with van der Waals surface area (Å²) in [6.45, 7) is 0. The molecule has 0 atom stereocenters. The number of carbonyl (C=O) groups is 5. The Labute approximate surface area is 177 Å². The third-order valence-electron chi connectivity index (χ3n) is 3.49. The molecule has 2 aromatic rings. The molecule has 4 N–H and O–H groups in total. The van der Waals surface area contributed by atoms with Gasteiger partial charge in [-0.15, -0.1) is 0 Å². The predicted molar refractivity (Wildman–Crippen MR) is 84.2 cm³/mol. The molecular formula is C17H10Cu2O9. The van der Waals surface area contributed by atoms with E-state index in [0.29, 0.717) is 0 Å². The fourth-order valence-corrected chi connectivity index (χ4v) is 2.26. The average molecular weight is 485 g/mol. The molecule has 0 saturated heterocycles. The summed E-state index contributed by atoms with van der Waals surface area (Å²) in [5, 5.41) is 36.1. The Balaban J connectivity index is 0.00000364. The van der Waals surface area contributed by atoms with E-state index in [1.165, 1.54) is 0 Å². The van der Waals surface area contributed by atoms with Gasteiger partial charge in [-0.3, -0.25) is 4.79 Å². The standard InChI is InChI=1S/C17H10O9.2Cu/c18-13(7-1-3-9(14(19)20)11(5-7)16(23)24)8-2-4-10(15(21)22)12(6-8)17(25)26;;/h1-6H,(H,19,20)(H,21,22)(H,23,24)(H,25,26);;. The molecule has 0 fully saturated rings. The van der Waals surface area contributed by atoms with Gasteiger partial charge < -0.3 is 20.4 Å². The van der Waals surface area contributed by atoms with Crippen LogP contribution in [0.1, 0.15) is 57.4 Å². The van der Waals surface area contributed by atoms with Crippen LogP contribution in [-0.2, 0) is 34.1 Å². The van der Waals surface area contributed by atoms with Crippen LogP contribution in [0.5, 0.6) is 0 Å². The van der Waals surface area contributed by atoms with E-state index in [1.807, 2.05) is 0 Å². The normalized spacial score (nSPS) is 9.43. The first kappa shape index (κ1) is 25.0. The summed E-state index contributed by atoms with van der Waals surface area (Å²) in [6.07, 6.45) is 0. The van der Waals surface area contributed by atoms with Crippen LogP contribution in [-0.4, -0.2) is 50.1 Å². The van der Waals surface area contributed by atoms with Gasteiger partial charge in [-0.2, -0.15) is 0 Å². The number of hydrogen-bond acceptors (Lipinski definition) is 5. The first-order valence-electron chi connectivity index (χ1n) is 6.89. The van der Waals surface area contributed by atoms with Crippen molar-refractivity contribution < 1.29 is 78.5 Å². The molecule has 0 spiro atoms. The van der Waals surface area contributed by atoms with E-state index in [4.69, 9.17) is 20.4 Å². The number of carboxylic acids is 4. The molecule has 0 heterocycles. The van der Waals surface area contributed by atoms with Crippen LogP contribution in [0.3, 0.4) is 0 Å². The molecule has 2 aromatic carbocycles. The topological polar surface area (TPSA) is 166 Å². The summed E-state index contributed by atoms with van der Waals surface area (Å²) in [6, 6.07) is 5.79. The summed E-state index contributed by atoms with van der Waals surface area (Å²) >= 11 is 0. The summed E-state index contributed by atoms with van der Waals surface area (Å²) in [7, 11) is 0. The fourth-order valence-electron chi connectivity index (χ4n) is 2.26. The molecule has 2 rings (SSSR count). The number of hydrogen-bond donors (Lipinski definition) is 4. The second-order valence-corrected chi connectivity index (χ2v) is 5.07. The smallest absolute Gasteiger partial charge is 0.336 e. The van der Waals surface area contributed by atoms with Crippen LogP contribution in [0.15, 0.2) is 36.4 Å². The third kappa shape index (κ3) is 5.05. The van der Waals surface area contributed by atoms with E-state index in [9.17, 15) is 24.0 Å². The van der Waals surface area contributed by atoms with Crippen molar-refractivity contribution in [3.63, 3.8) is 0 Å². The second-order valence-electron chi connectivity index (χ2n) is 5.07. The Bertz CT molecular complexity index is 905. The van der Waals surface area contributed by atoms with Crippen LogP contribution >= 0.6 is 0 Å².